The molecule has 8 nitrogen and oxygen atoms in total. The molecule has 0 unspecified atom stereocenters. The topological polar surface area (TPSA) is 117 Å². The molecule has 0 atom stereocenters. The first kappa shape index (κ1) is 16.5. The molecule has 3 aromatic heterocycles. The van der Waals surface area contributed by atoms with E-state index in [0.29, 0.717) is 36.3 Å². The van der Waals surface area contributed by atoms with Crippen molar-refractivity contribution in [2.75, 3.05) is 0 Å². The van der Waals surface area contributed by atoms with E-state index >= 15 is 0 Å². The monoisotopic (exact) mass is 348 g/mol. The van der Waals surface area contributed by atoms with Crippen LogP contribution in [-0.4, -0.2) is 25.3 Å². The van der Waals surface area contributed by atoms with Crippen LogP contribution in [0.3, 0.4) is 0 Å². The maximum Gasteiger partial charge on any atom is 0.227 e. The molecule has 0 radical (unpaired) electrons. The van der Waals surface area contributed by atoms with Gasteiger partial charge >= 0.3 is 0 Å². The lowest BCUT2D eigenvalue weighted by Crippen LogP contribution is -2.44. The van der Waals surface area contributed by atoms with Gasteiger partial charge in [0.2, 0.25) is 17.6 Å². The predicted octanol–water partition coefficient (Wildman–Crippen LogP) is 2.06. The molecule has 0 amide bonds. The highest BCUT2D eigenvalue weighted by Gasteiger charge is 2.38. The van der Waals surface area contributed by atoms with E-state index < -0.39 is 5.54 Å². The van der Waals surface area contributed by atoms with E-state index in [0.717, 1.165) is 24.8 Å². The van der Waals surface area contributed by atoms with E-state index in [1.54, 1.807) is 12.4 Å². The van der Waals surface area contributed by atoms with Crippen molar-refractivity contribution in [1.29, 1.82) is 0 Å². The average molecular weight is 349 g/mol. The maximum atomic E-state index is 6.18. The van der Waals surface area contributed by atoms with E-state index in [2.05, 4.69) is 25.3 Å². The molecule has 1 saturated carbocycles. The number of hydrogen-bond acceptors (Lipinski definition) is 8. The molecule has 2 N–H and O–H groups in total. The molecule has 1 fully saturated rings. The van der Waals surface area contributed by atoms with Crippen LogP contribution in [0.1, 0.15) is 36.9 Å². The molecule has 3 aromatic rings. The largest absolute Gasteiger partial charge is 0.339 e. The third-order valence-corrected chi connectivity index (χ3v) is 4.12. The Bertz CT molecular complexity index is 799. The minimum absolute atomic E-state index is 0. The fourth-order valence-electron chi connectivity index (χ4n) is 2.53. The smallest absolute Gasteiger partial charge is 0.227 e. The molecular weight excluding hydrogens is 332 g/mol. The van der Waals surface area contributed by atoms with Gasteiger partial charge in [-0.3, -0.25) is 4.98 Å². The minimum atomic E-state index is -0.402. The molecule has 1 aliphatic carbocycles. The second kappa shape index (κ2) is 6.66. The summed E-state index contributed by atoms with van der Waals surface area (Å²) >= 11 is 0. The molecule has 9 heteroatoms. The van der Waals surface area contributed by atoms with Gasteiger partial charge < -0.3 is 14.8 Å². The second-order valence-electron chi connectivity index (χ2n) is 5.77. The van der Waals surface area contributed by atoms with Crippen molar-refractivity contribution in [2.24, 2.45) is 5.73 Å². The van der Waals surface area contributed by atoms with Crippen molar-refractivity contribution in [3.05, 3.63) is 42.1 Å². The normalized spacial score (nSPS) is 15.5. The molecular formula is C15H17ClN6O2. The molecule has 3 heterocycles. The van der Waals surface area contributed by atoms with Crippen LogP contribution in [-0.2, 0) is 18.4 Å². The minimum Gasteiger partial charge on any atom is -0.339 e. The third-order valence-electron chi connectivity index (χ3n) is 4.12. The highest BCUT2D eigenvalue weighted by Crippen LogP contribution is 2.36. The number of nitrogens with zero attached hydrogens (tertiary/aromatic N) is 5. The van der Waals surface area contributed by atoms with Gasteiger partial charge in [-0.05, 0) is 31.4 Å². The second-order valence-corrected chi connectivity index (χ2v) is 5.77. The first-order chi connectivity index (χ1) is 11.2. The Labute approximate surface area is 144 Å². The van der Waals surface area contributed by atoms with Crippen LogP contribution >= 0.6 is 12.4 Å². The first-order valence-electron chi connectivity index (χ1n) is 7.58. The van der Waals surface area contributed by atoms with Gasteiger partial charge in [-0.15, -0.1) is 12.4 Å². The molecule has 4 rings (SSSR count). The quantitative estimate of drug-likeness (QED) is 0.744. The zero-order chi connectivity index (χ0) is 15.7. The van der Waals surface area contributed by atoms with Crippen molar-refractivity contribution >= 4 is 12.4 Å². The summed E-state index contributed by atoms with van der Waals surface area (Å²) in [5.41, 5.74) is 6.65. The van der Waals surface area contributed by atoms with Crippen molar-refractivity contribution < 1.29 is 9.05 Å². The van der Waals surface area contributed by atoms with Crippen LogP contribution < -0.4 is 5.73 Å². The maximum absolute atomic E-state index is 6.18. The van der Waals surface area contributed by atoms with E-state index in [-0.39, 0.29) is 12.4 Å². The number of aryl methyl sites for hydroxylation is 2. The molecule has 0 aliphatic heterocycles. The molecule has 1 aliphatic rings. The summed E-state index contributed by atoms with van der Waals surface area (Å²) in [7, 11) is 0. The predicted molar refractivity (Wildman–Crippen MR) is 86.2 cm³/mol. The van der Waals surface area contributed by atoms with Gasteiger partial charge in [-0.25, -0.2) is 0 Å². The van der Waals surface area contributed by atoms with E-state index in [1.165, 1.54) is 0 Å². The summed E-state index contributed by atoms with van der Waals surface area (Å²) in [5.74, 6) is 2.22. The molecule has 0 spiro atoms. The number of hydrogen-bond donors (Lipinski definition) is 1. The SMILES string of the molecule is Cl.NC1(c2noc(CCc3nc(-c4ccncc4)no3)n2)CCC1. The molecule has 0 bridgehead atoms. The van der Waals surface area contributed by atoms with E-state index in [9.17, 15) is 0 Å². The Morgan fingerprint density at radius 3 is 2.33 bits per heavy atom. The third kappa shape index (κ3) is 3.15. The summed E-state index contributed by atoms with van der Waals surface area (Å²) in [6, 6.07) is 3.66. The van der Waals surface area contributed by atoms with Crippen LogP contribution in [0.25, 0.3) is 11.4 Å². The molecule has 0 saturated heterocycles. The molecule has 126 valence electrons. The number of nitrogens with two attached hydrogens (primary N) is 1. The van der Waals surface area contributed by atoms with Crippen LogP contribution in [0.5, 0.6) is 0 Å². The lowest BCUT2D eigenvalue weighted by atomic mass is 9.77. The van der Waals surface area contributed by atoms with Gasteiger partial charge in [0.25, 0.3) is 0 Å². The summed E-state index contributed by atoms with van der Waals surface area (Å²) in [4.78, 5) is 12.7. The first-order valence-corrected chi connectivity index (χ1v) is 7.58. The van der Waals surface area contributed by atoms with Gasteiger partial charge in [0.15, 0.2) is 5.82 Å². The van der Waals surface area contributed by atoms with Crippen molar-refractivity contribution in [2.45, 2.75) is 37.6 Å². The Balaban J connectivity index is 0.00000169. The Kier molecular flexibility index (Phi) is 4.59. The standard InChI is InChI=1S/C15H16N6O2.ClH/c16-15(6-1-7-15)14-19-12(23-21-14)3-2-11-18-13(20-22-11)10-4-8-17-9-5-10;/h4-5,8-9H,1-3,6-7,16H2;1H. The summed E-state index contributed by atoms with van der Waals surface area (Å²) in [6.07, 6.45) is 7.39. The lowest BCUT2D eigenvalue weighted by Gasteiger charge is -2.34. The Hall–Kier alpha value is -2.32. The van der Waals surface area contributed by atoms with Crippen molar-refractivity contribution in [3.8, 4) is 11.4 Å². The summed E-state index contributed by atoms with van der Waals surface area (Å²) in [5, 5.41) is 7.96. The number of halogens is 1. The van der Waals surface area contributed by atoms with E-state index in [1.807, 2.05) is 12.1 Å². The van der Waals surface area contributed by atoms with Gasteiger partial charge in [-0.1, -0.05) is 10.3 Å². The van der Waals surface area contributed by atoms with Crippen molar-refractivity contribution in [3.63, 3.8) is 0 Å². The fraction of sp³-hybridized carbons (Fsp3) is 0.400. The highest BCUT2D eigenvalue weighted by molar-refractivity contribution is 5.85. The van der Waals surface area contributed by atoms with Crippen LogP contribution in [0.2, 0.25) is 0 Å². The molecule has 24 heavy (non-hydrogen) atoms. The Morgan fingerprint density at radius 1 is 1.00 bits per heavy atom. The van der Waals surface area contributed by atoms with E-state index in [4.69, 9.17) is 14.8 Å². The van der Waals surface area contributed by atoms with Gasteiger partial charge in [0.1, 0.15) is 0 Å². The summed E-state index contributed by atoms with van der Waals surface area (Å²) < 4.78 is 10.5. The average Bonchev–Trinajstić information content (AvgIpc) is 3.21. The van der Waals surface area contributed by atoms with Crippen LogP contribution in [0, 0.1) is 0 Å². The fourth-order valence-corrected chi connectivity index (χ4v) is 2.53. The van der Waals surface area contributed by atoms with Gasteiger partial charge in [-0.2, -0.15) is 9.97 Å². The number of aromatic nitrogens is 5. The van der Waals surface area contributed by atoms with Crippen LogP contribution in [0.4, 0.5) is 0 Å². The van der Waals surface area contributed by atoms with Crippen LogP contribution in [0.15, 0.2) is 33.6 Å². The highest BCUT2D eigenvalue weighted by atomic mass is 35.5. The van der Waals surface area contributed by atoms with Gasteiger partial charge in [0.05, 0.1) is 5.54 Å². The number of rotatable bonds is 5. The van der Waals surface area contributed by atoms with Crippen molar-refractivity contribution in [1.82, 2.24) is 25.3 Å². The lowest BCUT2D eigenvalue weighted by molar-refractivity contribution is 0.229. The zero-order valence-electron chi connectivity index (χ0n) is 12.9. The Morgan fingerprint density at radius 2 is 1.67 bits per heavy atom. The summed E-state index contributed by atoms with van der Waals surface area (Å²) in [6.45, 7) is 0. The number of pyridine rings is 1. The molecule has 0 aromatic carbocycles. The zero-order valence-corrected chi connectivity index (χ0v) is 13.7. The van der Waals surface area contributed by atoms with Gasteiger partial charge in [0, 0.05) is 30.8 Å².